The van der Waals surface area contributed by atoms with Crippen LogP contribution in [0.25, 0.3) is 16.9 Å². The summed E-state index contributed by atoms with van der Waals surface area (Å²) in [5, 5.41) is 33.5. The van der Waals surface area contributed by atoms with Crippen LogP contribution in [0.1, 0.15) is 30.9 Å². The number of benzene rings is 2. The normalized spacial score (nSPS) is 18.3. The summed E-state index contributed by atoms with van der Waals surface area (Å²) < 4.78 is 33.0. The number of likely N-dealkylation sites (tertiary alicyclic amines) is 1. The molecule has 7 nitrogen and oxygen atoms in total. The van der Waals surface area contributed by atoms with Crippen LogP contribution in [0.5, 0.6) is 5.75 Å². The van der Waals surface area contributed by atoms with Crippen LogP contribution in [0, 0.1) is 17.2 Å². The molecule has 0 radical (unpaired) electrons. The van der Waals surface area contributed by atoms with E-state index < -0.39 is 12.2 Å². The molecule has 0 unspecified atom stereocenters. The van der Waals surface area contributed by atoms with E-state index in [1.807, 2.05) is 6.07 Å². The third-order valence-corrected chi connectivity index (χ3v) is 6.53. The Hall–Kier alpha value is -3.32. The van der Waals surface area contributed by atoms with E-state index in [1.165, 1.54) is 0 Å². The van der Waals surface area contributed by atoms with E-state index in [-0.39, 0.29) is 18.3 Å². The van der Waals surface area contributed by atoms with Crippen molar-refractivity contribution < 1.29 is 23.7 Å². The Morgan fingerprint density at radius 3 is 2.69 bits per heavy atom. The maximum absolute atomic E-state index is 13.2. The van der Waals surface area contributed by atoms with Crippen LogP contribution in [0.2, 0.25) is 0 Å². The van der Waals surface area contributed by atoms with Gasteiger partial charge < -0.3 is 14.9 Å². The molecule has 2 atom stereocenters. The molecule has 1 aromatic heterocycles. The van der Waals surface area contributed by atoms with E-state index in [9.17, 15) is 19.0 Å². The fourth-order valence-electron chi connectivity index (χ4n) is 4.44. The minimum atomic E-state index is -2.97. The summed E-state index contributed by atoms with van der Waals surface area (Å²) in [7, 11) is 0. The number of nitriles is 1. The van der Waals surface area contributed by atoms with Gasteiger partial charge in [0.05, 0.1) is 35.2 Å². The summed E-state index contributed by atoms with van der Waals surface area (Å²) in [5.74, 6) is -0.0207. The smallest absolute Gasteiger partial charge is 0.387 e. The van der Waals surface area contributed by atoms with Crippen LogP contribution < -0.4 is 4.74 Å². The molecule has 1 aliphatic heterocycles. The molecular formula is C26H28F2N4O3. The third kappa shape index (κ3) is 5.85. The van der Waals surface area contributed by atoms with Gasteiger partial charge in [-0.1, -0.05) is 12.1 Å². The second kappa shape index (κ2) is 10.5. The number of aliphatic hydroxyl groups is 2. The average molecular weight is 483 g/mol. The van der Waals surface area contributed by atoms with E-state index in [0.29, 0.717) is 35.5 Å². The van der Waals surface area contributed by atoms with Gasteiger partial charge in [-0.25, -0.2) is 4.68 Å². The van der Waals surface area contributed by atoms with Crippen molar-refractivity contribution in [2.45, 2.75) is 38.5 Å². The van der Waals surface area contributed by atoms with Gasteiger partial charge in [0.25, 0.3) is 0 Å². The molecule has 3 aromatic rings. The molecule has 2 aromatic carbocycles. The molecule has 0 bridgehead atoms. The van der Waals surface area contributed by atoms with Gasteiger partial charge in [0.2, 0.25) is 0 Å². The first kappa shape index (κ1) is 24.8. The molecule has 2 N–H and O–H groups in total. The lowest BCUT2D eigenvalue weighted by molar-refractivity contribution is -0.0702. The molecule has 4 rings (SSSR count). The van der Waals surface area contributed by atoms with Crippen molar-refractivity contribution in [2.24, 2.45) is 5.92 Å². The van der Waals surface area contributed by atoms with Gasteiger partial charge in [-0.3, -0.25) is 4.90 Å². The minimum absolute atomic E-state index is 0.0847. The standard InChI is InChI=1S/C26H28F2N4O3/c1-26(34,17-33)21-3-2-11-31(16-21)15-20-7-6-19(13-24(20)35-25(27)28)23-10-12-32(30-23)22-8-4-18(14-29)5-9-22/h4-10,12-13,21,25,33-34H,2-3,11,15-17H2,1H3/t21-,26+/m0/s1. The van der Waals surface area contributed by atoms with E-state index in [1.54, 1.807) is 60.3 Å². The Labute approximate surface area is 202 Å². The van der Waals surface area contributed by atoms with E-state index in [2.05, 4.69) is 16.1 Å². The summed E-state index contributed by atoms with van der Waals surface area (Å²) in [6, 6.07) is 16.0. The number of hydrogen-bond donors (Lipinski definition) is 2. The lowest BCUT2D eigenvalue weighted by atomic mass is 9.83. The Morgan fingerprint density at radius 1 is 1.23 bits per heavy atom. The van der Waals surface area contributed by atoms with Crippen LogP contribution in [-0.2, 0) is 6.54 Å². The zero-order valence-electron chi connectivity index (χ0n) is 19.4. The van der Waals surface area contributed by atoms with Crippen molar-refractivity contribution in [3.8, 4) is 28.8 Å². The Bertz CT molecular complexity index is 1190. The molecule has 0 spiro atoms. The SMILES string of the molecule is C[C@@](O)(CO)[C@H]1CCCN(Cc2ccc(-c3ccn(-c4ccc(C#N)cc4)n3)cc2OC(F)F)C1. The van der Waals surface area contributed by atoms with Gasteiger partial charge in [-0.15, -0.1) is 0 Å². The molecular weight excluding hydrogens is 454 g/mol. The molecule has 1 saturated heterocycles. The van der Waals surface area contributed by atoms with Crippen LogP contribution in [0.4, 0.5) is 8.78 Å². The molecule has 1 fully saturated rings. The summed E-state index contributed by atoms with van der Waals surface area (Å²) in [4.78, 5) is 2.09. The highest BCUT2D eigenvalue weighted by molar-refractivity contribution is 5.62. The number of nitrogens with zero attached hydrogens (tertiary/aromatic N) is 4. The average Bonchev–Trinajstić information content (AvgIpc) is 3.35. The zero-order valence-corrected chi connectivity index (χ0v) is 19.4. The first-order valence-electron chi connectivity index (χ1n) is 11.5. The number of alkyl halides is 2. The number of piperidine rings is 1. The second-order valence-electron chi connectivity index (χ2n) is 9.09. The van der Waals surface area contributed by atoms with Gasteiger partial charge in [-0.2, -0.15) is 19.1 Å². The molecule has 0 amide bonds. The maximum atomic E-state index is 13.2. The van der Waals surface area contributed by atoms with E-state index >= 15 is 0 Å². The van der Waals surface area contributed by atoms with Gasteiger partial charge in [0.15, 0.2) is 0 Å². The quantitative estimate of drug-likeness (QED) is 0.505. The number of hydrogen-bond acceptors (Lipinski definition) is 6. The molecule has 35 heavy (non-hydrogen) atoms. The maximum Gasteiger partial charge on any atom is 0.387 e. The molecule has 1 aliphatic rings. The summed E-state index contributed by atoms with van der Waals surface area (Å²) in [6.45, 7) is 0.0405. The number of halogens is 2. The number of rotatable bonds is 8. The Kier molecular flexibility index (Phi) is 7.45. The second-order valence-corrected chi connectivity index (χ2v) is 9.09. The van der Waals surface area contributed by atoms with Crippen molar-refractivity contribution in [1.29, 1.82) is 5.26 Å². The largest absolute Gasteiger partial charge is 0.434 e. The van der Waals surface area contributed by atoms with Crippen molar-refractivity contribution in [1.82, 2.24) is 14.7 Å². The van der Waals surface area contributed by atoms with Gasteiger partial charge >= 0.3 is 6.61 Å². The van der Waals surface area contributed by atoms with E-state index in [0.717, 1.165) is 25.1 Å². The van der Waals surface area contributed by atoms with Crippen LogP contribution in [0.3, 0.4) is 0 Å². The van der Waals surface area contributed by atoms with Crippen LogP contribution in [0.15, 0.2) is 54.7 Å². The summed E-state index contributed by atoms with van der Waals surface area (Å²) >= 11 is 0. The lowest BCUT2D eigenvalue weighted by Gasteiger charge is -2.39. The highest BCUT2D eigenvalue weighted by Gasteiger charge is 2.34. The lowest BCUT2D eigenvalue weighted by Crippen LogP contribution is -2.47. The predicted molar refractivity (Wildman–Crippen MR) is 126 cm³/mol. The van der Waals surface area contributed by atoms with Crippen molar-refractivity contribution in [3.63, 3.8) is 0 Å². The van der Waals surface area contributed by atoms with Gasteiger partial charge in [-0.05, 0) is 62.7 Å². The van der Waals surface area contributed by atoms with Crippen molar-refractivity contribution in [3.05, 3.63) is 65.9 Å². The fourth-order valence-corrected chi connectivity index (χ4v) is 4.44. The van der Waals surface area contributed by atoms with Crippen molar-refractivity contribution in [2.75, 3.05) is 19.7 Å². The number of aromatic nitrogens is 2. The van der Waals surface area contributed by atoms with E-state index in [4.69, 9.17) is 10.00 Å². The summed E-state index contributed by atoms with van der Waals surface area (Å²) in [6.07, 6.45) is 3.40. The molecule has 9 heteroatoms. The number of ether oxygens (including phenoxy) is 1. The molecule has 0 saturated carbocycles. The van der Waals surface area contributed by atoms with Crippen molar-refractivity contribution >= 4 is 0 Å². The first-order valence-corrected chi connectivity index (χ1v) is 11.5. The first-order chi connectivity index (χ1) is 16.8. The Balaban J connectivity index is 1.55. The third-order valence-electron chi connectivity index (χ3n) is 6.53. The molecule has 184 valence electrons. The zero-order chi connectivity index (χ0) is 25.0. The fraction of sp³-hybridized carbons (Fsp3) is 0.385. The topological polar surface area (TPSA) is 94.5 Å². The number of aliphatic hydroxyl groups excluding tert-OH is 1. The van der Waals surface area contributed by atoms with Crippen LogP contribution >= 0.6 is 0 Å². The molecule has 2 heterocycles. The summed E-state index contributed by atoms with van der Waals surface area (Å²) in [5.41, 5.74) is 1.98. The Morgan fingerprint density at radius 2 is 2.00 bits per heavy atom. The highest BCUT2D eigenvalue weighted by atomic mass is 19.3. The minimum Gasteiger partial charge on any atom is -0.434 e. The van der Waals surface area contributed by atoms with Gasteiger partial charge in [0.1, 0.15) is 5.75 Å². The highest BCUT2D eigenvalue weighted by Crippen LogP contribution is 2.32. The monoisotopic (exact) mass is 482 g/mol. The predicted octanol–water partition coefficient (Wildman–Crippen LogP) is 3.97. The molecule has 0 aliphatic carbocycles. The van der Waals surface area contributed by atoms with Gasteiger partial charge in [0, 0.05) is 36.3 Å². The van der Waals surface area contributed by atoms with Crippen LogP contribution in [-0.4, -0.2) is 56.8 Å².